The molecule has 0 amide bonds. The summed E-state index contributed by atoms with van der Waals surface area (Å²) in [5.41, 5.74) is 1.75. The van der Waals surface area contributed by atoms with Gasteiger partial charge in [0.2, 0.25) is 0 Å². The predicted molar refractivity (Wildman–Crippen MR) is 79.2 cm³/mol. The average molecular weight is 266 g/mol. The average Bonchev–Trinajstić information content (AvgIpc) is 2.67. The van der Waals surface area contributed by atoms with Crippen LogP contribution >= 0.6 is 11.3 Å². The molecule has 0 radical (unpaired) electrons. The Balaban J connectivity index is 1.91. The lowest BCUT2D eigenvalue weighted by molar-refractivity contribution is 0.201. The van der Waals surface area contributed by atoms with Gasteiger partial charge in [0.1, 0.15) is 0 Å². The normalized spacial score (nSPS) is 20.9. The van der Waals surface area contributed by atoms with Gasteiger partial charge >= 0.3 is 0 Å². The van der Waals surface area contributed by atoms with Crippen molar-refractivity contribution >= 4 is 11.3 Å². The zero-order valence-electron chi connectivity index (χ0n) is 12.2. The molecule has 1 fully saturated rings. The third-order valence-electron chi connectivity index (χ3n) is 4.25. The summed E-state index contributed by atoms with van der Waals surface area (Å²) in [4.78, 5) is 6.01. The molecule has 102 valence electrons. The largest absolute Gasteiger partial charge is 0.308 e. The van der Waals surface area contributed by atoms with E-state index < -0.39 is 0 Å². The van der Waals surface area contributed by atoms with Gasteiger partial charge in [-0.15, -0.1) is 11.3 Å². The summed E-state index contributed by atoms with van der Waals surface area (Å²) < 4.78 is 0. The lowest BCUT2D eigenvalue weighted by Gasteiger charge is -2.34. The van der Waals surface area contributed by atoms with Crippen molar-refractivity contribution in [3.63, 3.8) is 0 Å². The molecule has 2 nitrogen and oxygen atoms in total. The van der Waals surface area contributed by atoms with Gasteiger partial charge in [-0.1, -0.05) is 26.2 Å². The van der Waals surface area contributed by atoms with Crippen molar-refractivity contribution in [3.05, 3.63) is 15.6 Å². The number of nitrogens with zero attached hydrogens (tertiary/aromatic N) is 1. The summed E-state index contributed by atoms with van der Waals surface area (Å²) >= 11 is 1.81. The minimum absolute atomic E-state index is 0.383. The maximum absolute atomic E-state index is 4.65. The highest BCUT2D eigenvalue weighted by atomic mass is 32.1. The number of nitrogens with one attached hydrogen (secondary N) is 1. The first-order chi connectivity index (χ1) is 8.50. The van der Waals surface area contributed by atoms with Crippen LogP contribution in [0.2, 0.25) is 0 Å². The van der Waals surface area contributed by atoms with Crippen molar-refractivity contribution in [3.8, 4) is 0 Å². The van der Waals surface area contributed by atoms with Gasteiger partial charge < -0.3 is 5.32 Å². The SMILES string of the molecule is Cc1nc(C(C)NCC2(C)CCCCC2)c(C)s1. The summed E-state index contributed by atoms with van der Waals surface area (Å²) in [5, 5.41) is 4.89. The minimum Gasteiger partial charge on any atom is -0.308 e. The molecule has 1 aliphatic rings. The van der Waals surface area contributed by atoms with E-state index in [0.29, 0.717) is 11.5 Å². The zero-order valence-corrected chi connectivity index (χ0v) is 13.0. The fraction of sp³-hybridized carbons (Fsp3) is 0.800. The fourth-order valence-electron chi connectivity index (χ4n) is 3.03. The van der Waals surface area contributed by atoms with Crippen LogP contribution in [0, 0.1) is 19.3 Å². The Morgan fingerprint density at radius 2 is 1.94 bits per heavy atom. The third kappa shape index (κ3) is 3.33. The van der Waals surface area contributed by atoms with Gasteiger partial charge in [-0.25, -0.2) is 4.98 Å². The van der Waals surface area contributed by atoms with Crippen molar-refractivity contribution in [2.75, 3.05) is 6.54 Å². The molecule has 0 spiro atoms. The zero-order chi connectivity index (χ0) is 13.2. The highest BCUT2D eigenvalue weighted by Crippen LogP contribution is 2.35. The number of aromatic nitrogens is 1. The van der Waals surface area contributed by atoms with Crippen LogP contribution < -0.4 is 5.32 Å². The number of hydrogen-bond acceptors (Lipinski definition) is 3. The molecule has 1 atom stereocenters. The molecular formula is C15H26N2S. The Labute approximate surface area is 115 Å². The molecule has 0 bridgehead atoms. The smallest absolute Gasteiger partial charge is 0.0900 e. The lowest BCUT2D eigenvalue weighted by Crippen LogP contribution is -2.35. The summed E-state index contributed by atoms with van der Waals surface area (Å²) in [5.74, 6) is 0. The molecule has 3 heteroatoms. The first kappa shape index (κ1) is 14.0. The molecule has 1 aliphatic carbocycles. The fourth-order valence-corrected chi connectivity index (χ4v) is 3.94. The van der Waals surface area contributed by atoms with Gasteiger partial charge in [-0.05, 0) is 39.0 Å². The molecule has 1 aromatic heterocycles. The Bertz CT molecular complexity index is 391. The summed E-state index contributed by atoms with van der Waals surface area (Å²) in [6.07, 6.45) is 6.99. The van der Waals surface area contributed by atoms with E-state index in [1.807, 2.05) is 0 Å². The minimum atomic E-state index is 0.383. The standard InChI is InChI=1S/C15H26N2S/c1-11(14-12(2)18-13(3)17-14)16-10-15(4)8-6-5-7-9-15/h11,16H,5-10H2,1-4H3. The van der Waals surface area contributed by atoms with Crippen molar-refractivity contribution in [2.45, 2.75) is 65.8 Å². The first-order valence-corrected chi connectivity index (χ1v) is 7.99. The van der Waals surface area contributed by atoms with Crippen LogP contribution in [-0.2, 0) is 0 Å². The first-order valence-electron chi connectivity index (χ1n) is 7.17. The number of thiazole rings is 1. The second kappa shape index (κ2) is 5.70. The van der Waals surface area contributed by atoms with E-state index >= 15 is 0 Å². The number of rotatable bonds is 4. The summed E-state index contributed by atoms with van der Waals surface area (Å²) in [6.45, 7) is 10.1. The van der Waals surface area contributed by atoms with Gasteiger partial charge in [0.15, 0.2) is 0 Å². The molecule has 1 N–H and O–H groups in total. The topological polar surface area (TPSA) is 24.9 Å². The Kier molecular flexibility index (Phi) is 4.44. The molecule has 2 rings (SSSR count). The van der Waals surface area contributed by atoms with Gasteiger partial charge in [0, 0.05) is 17.5 Å². The van der Waals surface area contributed by atoms with Crippen molar-refractivity contribution < 1.29 is 0 Å². The molecule has 0 saturated heterocycles. The highest BCUT2D eigenvalue weighted by molar-refractivity contribution is 7.11. The second-order valence-electron chi connectivity index (χ2n) is 6.15. The van der Waals surface area contributed by atoms with Crippen LogP contribution in [0.25, 0.3) is 0 Å². The Morgan fingerprint density at radius 1 is 1.28 bits per heavy atom. The quantitative estimate of drug-likeness (QED) is 0.874. The van der Waals surface area contributed by atoms with E-state index in [-0.39, 0.29) is 0 Å². The van der Waals surface area contributed by atoms with Crippen LogP contribution in [0.3, 0.4) is 0 Å². The molecule has 1 unspecified atom stereocenters. The van der Waals surface area contributed by atoms with Crippen LogP contribution in [0.1, 0.15) is 67.6 Å². The summed E-state index contributed by atoms with van der Waals surface area (Å²) in [6, 6.07) is 0.383. The van der Waals surface area contributed by atoms with Crippen molar-refractivity contribution in [2.24, 2.45) is 5.41 Å². The van der Waals surface area contributed by atoms with Gasteiger partial charge in [-0.3, -0.25) is 0 Å². The van der Waals surface area contributed by atoms with E-state index in [0.717, 1.165) is 6.54 Å². The molecule has 18 heavy (non-hydrogen) atoms. The van der Waals surface area contributed by atoms with E-state index in [9.17, 15) is 0 Å². The van der Waals surface area contributed by atoms with E-state index in [4.69, 9.17) is 0 Å². The molecule has 1 heterocycles. The Hall–Kier alpha value is -0.410. The van der Waals surface area contributed by atoms with Crippen molar-refractivity contribution in [1.82, 2.24) is 10.3 Å². The van der Waals surface area contributed by atoms with Gasteiger partial charge in [0.25, 0.3) is 0 Å². The molecule has 0 aliphatic heterocycles. The van der Waals surface area contributed by atoms with E-state index in [2.05, 4.69) is 38.0 Å². The monoisotopic (exact) mass is 266 g/mol. The van der Waals surface area contributed by atoms with Crippen LogP contribution in [0.15, 0.2) is 0 Å². The second-order valence-corrected chi connectivity index (χ2v) is 7.56. The van der Waals surface area contributed by atoms with Crippen molar-refractivity contribution in [1.29, 1.82) is 0 Å². The number of hydrogen-bond donors (Lipinski definition) is 1. The van der Waals surface area contributed by atoms with Crippen LogP contribution in [0.5, 0.6) is 0 Å². The highest BCUT2D eigenvalue weighted by Gasteiger charge is 2.27. The van der Waals surface area contributed by atoms with E-state index in [1.165, 1.54) is 47.7 Å². The van der Waals surface area contributed by atoms with Gasteiger partial charge in [-0.2, -0.15) is 0 Å². The molecule has 1 saturated carbocycles. The summed E-state index contributed by atoms with van der Waals surface area (Å²) in [7, 11) is 0. The van der Waals surface area contributed by atoms with Gasteiger partial charge in [0.05, 0.1) is 10.7 Å². The molecular weight excluding hydrogens is 240 g/mol. The van der Waals surface area contributed by atoms with Crippen LogP contribution in [-0.4, -0.2) is 11.5 Å². The van der Waals surface area contributed by atoms with Crippen LogP contribution in [0.4, 0.5) is 0 Å². The molecule has 0 aromatic carbocycles. The number of aryl methyl sites for hydroxylation is 2. The maximum atomic E-state index is 4.65. The van der Waals surface area contributed by atoms with E-state index in [1.54, 1.807) is 11.3 Å². The predicted octanol–water partition coefficient (Wildman–Crippen LogP) is 4.38. The lowest BCUT2D eigenvalue weighted by atomic mass is 9.75. The molecule has 1 aromatic rings. The Morgan fingerprint density at radius 3 is 2.50 bits per heavy atom. The maximum Gasteiger partial charge on any atom is 0.0900 e. The third-order valence-corrected chi connectivity index (χ3v) is 5.15.